The molecule has 2 saturated carbocycles. The first kappa shape index (κ1) is 13.7. The van der Waals surface area contributed by atoms with Gasteiger partial charge in [-0.3, -0.25) is 4.79 Å². The minimum atomic E-state index is 0.381. The fraction of sp³-hybridized carbons (Fsp3) is 0.611. The van der Waals surface area contributed by atoms with Gasteiger partial charge in [0.25, 0.3) is 0 Å². The molecule has 0 amide bonds. The molecule has 3 unspecified atom stereocenters. The monoisotopic (exact) mass is 272 g/mol. The molecule has 0 spiro atoms. The Morgan fingerprint density at radius 3 is 2.80 bits per heavy atom. The van der Waals surface area contributed by atoms with Gasteiger partial charge in [-0.15, -0.1) is 0 Å². The van der Waals surface area contributed by atoms with Crippen molar-refractivity contribution in [3.05, 3.63) is 29.3 Å². The molecule has 3 atom stereocenters. The van der Waals surface area contributed by atoms with Crippen LogP contribution in [0, 0.1) is 24.7 Å². The summed E-state index contributed by atoms with van der Waals surface area (Å²) in [4.78, 5) is 12.4. The number of ketones is 1. The smallest absolute Gasteiger partial charge is 0.137 e. The zero-order valence-electron chi connectivity index (χ0n) is 12.5. The first-order valence-electron chi connectivity index (χ1n) is 7.81. The van der Waals surface area contributed by atoms with Gasteiger partial charge in [-0.25, -0.2) is 0 Å². The van der Waals surface area contributed by atoms with Crippen molar-refractivity contribution >= 4 is 5.78 Å². The van der Waals surface area contributed by atoms with Crippen molar-refractivity contribution in [3.63, 3.8) is 0 Å². The lowest BCUT2D eigenvalue weighted by Gasteiger charge is -2.21. The first-order chi connectivity index (χ1) is 9.65. The van der Waals surface area contributed by atoms with Gasteiger partial charge >= 0.3 is 0 Å². The van der Waals surface area contributed by atoms with Crippen LogP contribution in [0.15, 0.2) is 18.2 Å². The molecule has 1 aromatic carbocycles. The lowest BCUT2D eigenvalue weighted by molar-refractivity contribution is -0.119. The third kappa shape index (κ3) is 2.74. The van der Waals surface area contributed by atoms with E-state index in [-0.39, 0.29) is 0 Å². The highest BCUT2D eigenvalue weighted by Crippen LogP contribution is 2.49. The van der Waals surface area contributed by atoms with E-state index in [1.807, 2.05) is 12.1 Å². The number of carbonyl (C=O) groups excluding carboxylic acids is 1. The van der Waals surface area contributed by atoms with Crippen LogP contribution in [0.5, 0.6) is 5.75 Å². The third-order valence-corrected chi connectivity index (χ3v) is 5.20. The molecule has 0 aromatic heterocycles. The van der Waals surface area contributed by atoms with Crippen LogP contribution in [0.2, 0.25) is 0 Å². The first-order valence-corrected chi connectivity index (χ1v) is 7.81. The Morgan fingerprint density at radius 1 is 1.30 bits per heavy atom. The molecule has 108 valence electrons. The van der Waals surface area contributed by atoms with Crippen LogP contribution in [0.4, 0.5) is 0 Å². The summed E-state index contributed by atoms with van der Waals surface area (Å²) in [5.74, 6) is 3.65. The van der Waals surface area contributed by atoms with E-state index in [1.54, 1.807) is 7.11 Å². The van der Waals surface area contributed by atoms with Crippen LogP contribution in [-0.2, 0) is 11.2 Å². The van der Waals surface area contributed by atoms with Crippen LogP contribution >= 0.6 is 0 Å². The molecule has 3 rings (SSSR count). The molecule has 2 aliphatic rings. The average molecular weight is 272 g/mol. The molecule has 0 radical (unpaired) electrons. The van der Waals surface area contributed by atoms with Crippen LogP contribution in [0.1, 0.15) is 43.2 Å². The maximum Gasteiger partial charge on any atom is 0.137 e. The molecule has 2 bridgehead atoms. The largest absolute Gasteiger partial charge is 0.496 e. The van der Waals surface area contributed by atoms with Crippen LogP contribution < -0.4 is 4.74 Å². The minimum absolute atomic E-state index is 0.381. The maximum atomic E-state index is 12.4. The molecule has 2 fully saturated rings. The van der Waals surface area contributed by atoms with E-state index < -0.39 is 0 Å². The molecule has 2 nitrogen and oxygen atoms in total. The zero-order chi connectivity index (χ0) is 14.1. The topological polar surface area (TPSA) is 26.3 Å². The molecule has 20 heavy (non-hydrogen) atoms. The van der Waals surface area contributed by atoms with Crippen molar-refractivity contribution in [2.75, 3.05) is 7.11 Å². The van der Waals surface area contributed by atoms with Crippen LogP contribution in [0.3, 0.4) is 0 Å². The van der Waals surface area contributed by atoms with Crippen molar-refractivity contribution < 1.29 is 9.53 Å². The highest BCUT2D eigenvalue weighted by atomic mass is 16.5. The number of Topliss-reactive ketones (excluding diaryl/α,β-unsaturated/α-hetero) is 1. The molecule has 2 aliphatic carbocycles. The predicted octanol–water partition coefficient (Wildman–Crippen LogP) is 3.94. The molecule has 1 aromatic rings. The van der Waals surface area contributed by atoms with E-state index in [0.29, 0.717) is 18.1 Å². The standard InChI is InChI=1S/C18H24O2/c1-12-3-6-18(20-2)16(7-12)11-17(19)10-15-9-13-4-5-14(15)8-13/h3,6-7,13-15H,4-5,8-11H2,1-2H3. The lowest BCUT2D eigenvalue weighted by atomic mass is 9.84. The van der Waals surface area contributed by atoms with E-state index >= 15 is 0 Å². The Balaban J connectivity index is 1.63. The molecule has 2 heteroatoms. The molecular weight excluding hydrogens is 248 g/mol. The quantitative estimate of drug-likeness (QED) is 0.811. The number of carbonyl (C=O) groups is 1. The highest BCUT2D eigenvalue weighted by Gasteiger charge is 2.39. The van der Waals surface area contributed by atoms with E-state index in [2.05, 4.69) is 13.0 Å². The summed E-state index contributed by atoms with van der Waals surface area (Å²) in [6.07, 6.45) is 6.74. The SMILES string of the molecule is COc1ccc(C)cc1CC(=O)CC1CC2CCC1C2. The zero-order valence-corrected chi connectivity index (χ0v) is 12.5. The maximum absolute atomic E-state index is 12.4. The summed E-state index contributed by atoms with van der Waals surface area (Å²) in [7, 11) is 1.68. The predicted molar refractivity (Wildman–Crippen MR) is 80.0 cm³/mol. The number of fused-ring (bicyclic) bond motifs is 2. The van der Waals surface area contributed by atoms with E-state index in [9.17, 15) is 4.79 Å². The van der Waals surface area contributed by atoms with Crippen molar-refractivity contribution in [2.45, 2.75) is 45.4 Å². The molecule has 0 heterocycles. The van der Waals surface area contributed by atoms with Gasteiger partial charge < -0.3 is 4.74 Å². The van der Waals surface area contributed by atoms with E-state index in [1.165, 1.54) is 31.2 Å². The van der Waals surface area contributed by atoms with Crippen molar-refractivity contribution in [1.29, 1.82) is 0 Å². The molecule has 0 saturated heterocycles. The average Bonchev–Trinajstić information content (AvgIpc) is 3.01. The minimum Gasteiger partial charge on any atom is -0.496 e. The van der Waals surface area contributed by atoms with E-state index in [4.69, 9.17) is 4.74 Å². The molecule has 0 N–H and O–H groups in total. The second-order valence-electron chi connectivity index (χ2n) is 6.67. The Morgan fingerprint density at radius 2 is 2.15 bits per heavy atom. The van der Waals surface area contributed by atoms with Crippen molar-refractivity contribution in [3.8, 4) is 5.75 Å². The van der Waals surface area contributed by atoms with Crippen LogP contribution in [0.25, 0.3) is 0 Å². The van der Waals surface area contributed by atoms with E-state index in [0.717, 1.165) is 29.6 Å². The van der Waals surface area contributed by atoms with Gasteiger partial charge in [0.1, 0.15) is 11.5 Å². The van der Waals surface area contributed by atoms with Gasteiger partial charge in [-0.05, 0) is 50.0 Å². The summed E-state index contributed by atoms with van der Waals surface area (Å²) in [6, 6.07) is 6.08. The lowest BCUT2D eigenvalue weighted by Crippen LogP contribution is -2.16. The summed E-state index contributed by atoms with van der Waals surface area (Å²) >= 11 is 0. The summed E-state index contributed by atoms with van der Waals surface area (Å²) in [5, 5.41) is 0. The fourth-order valence-electron chi connectivity index (χ4n) is 4.25. The van der Waals surface area contributed by atoms with Crippen LogP contribution in [-0.4, -0.2) is 12.9 Å². The summed E-state index contributed by atoms with van der Waals surface area (Å²) in [6.45, 7) is 2.06. The number of hydrogen-bond donors (Lipinski definition) is 0. The van der Waals surface area contributed by atoms with Gasteiger partial charge in [0.05, 0.1) is 7.11 Å². The number of aryl methyl sites for hydroxylation is 1. The third-order valence-electron chi connectivity index (χ3n) is 5.20. The molecular formula is C18H24O2. The van der Waals surface area contributed by atoms with Gasteiger partial charge in [-0.2, -0.15) is 0 Å². The van der Waals surface area contributed by atoms with Gasteiger partial charge in [0.2, 0.25) is 0 Å². The number of hydrogen-bond acceptors (Lipinski definition) is 2. The number of benzene rings is 1. The summed E-state index contributed by atoms with van der Waals surface area (Å²) in [5.41, 5.74) is 2.23. The Labute approximate surface area is 121 Å². The van der Waals surface area contributed by atoms with Crippen molar-refractivity contribution in [2.24, 2.45) is 17.8 Å². The van der Waals surface area contributed by atoms with Crippen molar-refractivity contribution in [1.82, 2.24) is 0 Å². The summed E-state index contributed by atoms with van der Waals surface area (Å²) < 4.78 is 5.37. The second-order valence-corrected chi connectivity index (χ2v) is 6.67. The highest BCUT2D eigenvalue weighted by molar-refractivity contribution is 5.82. The molecule has 0 aliphatic heterocycles. The van der Waals surface area contributed by atoms with Gasteiger partial charge in [0.15, 0.2) is 0 Å². The Kier molecular flexibility index (Phi) is 3.82. The van der Waals surface area contributed by atoms with Gasteiger partial charge in [0, 0.05) is 18.4 Å². The second kappa shape index (κ2) is 5.59. The number of methoxy groups -OCH3 is 1. The number of ether oxygens (including phenoxy) is 1. The number of rotatable bonds is 5. The van der Waals surface area contributed by atoms with Gasteiger partial charge in [-0.1, -0.05) is 24.1 Å². The Bertz CT molecular complexity index is 506. The fourth-order valence-corrected chi connectivity index (χ4v) is 4.25. The normalized spacial score (nSPS) is 27.8. The Hall–Kier alpha value is -1.31.